The number of nitrogens with two attached hydrogens (primary N) is 1. The van der Waals surface area contributed by atoms with Crippen molar-refractivity contribution < 1.29 is 27.5 Å². The monoisotopic (exact) mass is 565 g/mol. The van der Waals surface area contributed by atoms with Crippen LogP contribution in [0, 0.1) is 11.8 Å². The Labute approximate surface area is 235 Å². The lowest BCUT2D eigenvalue weighted by molar-refractivity contribution is -0.157. The number of rotatable bonds is 10. The third kappa shape index (κ3) is 7.93. The Kier molecular flexibility index (Phi) is 9.38. The first kappa shape index (κ1) is 29.3. The van der Waals surface area contributed by atoms with Crippen molar-refractivity contribution in [2.45, 2.75) is 32.2 Å². The predicted octanol–water partition coefficient (Wildman–Crippen LogP) is 5.36. The smallest absolute Gasteiger partial charge is 0.435 e. The second-order valence-corrected chi connectivity index (χ2v) is 9.70. The molecule has 1 amide bonds. The SMILES string of the molecule is CN(Cc1ccc(NC(=C/N)/C(=N/c2ccccn2)C(F)(F)F)cc1)C(=O)C1CC(C(=O)OCc2ccccc2)C1. The minimum atomic E-state index is -4.78. The number of esters is 1. The zero-order valence-corrected chi connectivity index (χ0v) is 22.3. The molecule has 0 atom stereocenters. The second kappa shape index (κ2) is 13.1. The number of amides is 1. The molecule has 1 aliphatic rings. The number of pyridine rings is 1. The van der Waals surface area contributed by atoms with Gasteiger partial charge >= 0.3 is 12.1 Å². The van der Waals surface area contributed by atoms with Crippen molar-refractivity contribution in [2.24, 2.45) is 22.6 Å². The van der Waals surface area contributed by atoms with Gasteiger partial charge in [-0.15, -0.1) is 0 Å². The molecule has 3 aromatic rings. The molecule has 0 unspecified atom stereocenters. The van der Waals surface area contributed by atoms with Crippen molar-refractivity contribution in [1.82, 2.24) is 9.88 Å². The van der Waals surface area contributed by atoms with Crippen molar-refractivity contribution in [3.8, 4) is 0 Å². The highest BCUT2D eigenvalue weighted by atomic mass is 19.4. The van der Waals surface area contributed by atoms with Crippen LogP contribution < -0.4 is 11.1 Å². The lowest BCUT2D eigenvalue weighted by Crippen LogP contribution is -2.42. The van der Waals surface area contributed by atoms with E-state index in [4.69, 9.17) is 10.5 Å². The minimum Gasteiger partial charge on any atom is -0.461 e. The molecular formula is C30H30F3N5O3. The molecule has 0 saturated heterocycles. The van der Waals surface area contributed by atoms with E-state index in [2.05, 4.69) is 15.3 Å². The van der Waals surface area contributed by atoms with Crippen LogP contribution in [0.3, 0.4) is 0 Å². The lowest BCUT2D eigenvalue weighted by atomic mass is 9.74. The summed E-state index contributed by atoms with van der Waals surface area (Å²) in [5.74, 6) is -1.03. The Bertz CT molecular complexity index is 1390. The summed E-state index contributed by atoms with van der Waals surface area (Å²) in [6.07, 6.45) is -1.75. The highest BCUT2D eigenvalue weighted by Crippen LogP contribution is 2.36. The van der Waals surface area contributed by atoms with Crippen LogP contribution in [-0.2, 0) is 27.5 Å². The maximum atomic E-state index is 13.7. The second-order valence-electron chi connectivity index (χ2n) is 9.70. The zero-order chi connectivity index (χ0) is 29.4. The molecule has 0 aliphatic heterocycles. The molecular weight excluding hydrogens is 535 g/mol. The van der Waals surface area contributed by atoms with E-state index in [-0.39, 0.29) is 36.1 Å². The van der Waals surface area contributed by atoms with Crippen LogP contribution in [0.5, 0.6) is 0 Å². The average Bonchev–Trinajstić information content (AvgIpc) is 2.94. The Hall–Kier alpha value is -4.67. The third-order valence-electron chi connectivity index (χ3n) is 6.64. The molecule has 1 aliphatic carbocycles. The number of halogens is 3. The number of benzene rings is 2. The lowest BCUT2D eigenvalue weighted by Gasteiger charge is -2.35. The van der Waals surface area contributed by atoms with Gasteiger partial charge in [-0.25, -0.2) is 9.98 Å². The van der Waals surface area contributed by atoms with E-state index in [1.807, 2.05) is 30.3 Å². The van der Waals surface area contributed by atoms with Gasteiger partial charge in [0.15, 0.2) is 11.5 Å². The zero-order valence-electron chi connectivity index (χ0n) is 22.3. The molecule has 0 bridgehead atoms. The fourth-order valence-electron chi connectivity index (χ4n) is 4.36. The molecule has 1 fully saturated rings. The van der Waals surface area contributed by atoms with E-state index < -0.39 is 17.6 Å². The van der Waals surface area contributed by atoms with Gasteiger partial charge in [-0.3, -0.25) is 9.59 Å². The number of carbonyl (C=O) groups excluding carboxylic acids is 2. The largest absolute Gasteiger partial charge is 0.461 e. The quantitative estimate of drug-likeness (QED) is 0.253. The maximum Gasteiger partial charge on any atom is 0.435 e. The number of anilines is 1. The van der Waals surface area contributed by atoms with Gasteiger partial charge in [0.05, 0.1) is 11.6 Å². The van der Waals surface area contributed by atoms with Crippen LogP contribution in [-0.4, -0.2) is 40.7 Å². The van der Waals surface area contributed by atoms with E-state index >= 15 is 0 Å². The number of nitrogens with zero attached hydrogens (tertiary/aromatic N) is 3. The van der Waals surface area contributed by atoms with E-state index in [1.165, 1.54) is 18.3 Å². The number of alkyl halides is 3. The summed E-state index contributed by atoms with van der Waals surface area (Å²) in [7, 11) is 1.68. The van der Waals surface area contributed by atoms with Crippen LogP contribution in [0.1, 0.15) is 24.0 Å². The van der Waals surface area contributed by atoms with Crippen molar-refractivity contribution in [3.05, 3.63) is 102 Å². The first-order valence-electron chi connectivity index (χ1n) is 12.9. The van der Waals surface area contributed by atoms with E-state index in [0.29, 0.717) is 25.1 Å². The predicted molar refractivity (Wildman–Crippen MR) is 149 cm³/mol. The van der Waals surface area contributed by atoms with Crippen molar-refractivity contribution >= 4 is 29.1 Å². The number of aromatic nitrogens is 1. The topological polar surface area (TPSA) is 110 Å². The standard InChI is InChI=1S/C30H30F3N5O3/c1-38(28(39)22-15-23(16-22)29(40)41-19-21-7-3-2-4-8-21)18-20-10-12-24(13-11-20)36-25(17-34)27(30(31,32)33)37-26-9-5-6-14-35-26/h2-14,17,22-23,36H,15-16,18-19,34H2,1H3/b25-17+,37-27-. The maximum absolute atomic E-state index is 13.7. The van der Waals surface area contributed by atoms with Gasteiger partial charge in [-0.1, -0.05) is 48.5 Å². The molecule has 3 N–H and O–H groups in total. The fraction of sp³-hybridized carbons (Fsp3) is 0.267. The summed E-state index contributed by atoms with van der Waals surface area (Å²) in [5, 5.41) is 2.66. The first-order chi connectivity index (χ1) is 19.6. The Morgan fingerprint density at radius 2 is 1.71 bits per heavy atom. The summed E-state index contributed by atoms with van der Waals surface area (Å²) >= 11 is 0. The number of hydrogen-bond donors (Lipinski definition) is 2. The summed E-state index contributed by atoms with van der Waals surface area (Å²) in [6.45, 7) is 0.504. The molecule has 8 nitrogen and oxygen atoms in total. The number of nitrogens with one attached hydrogen (secondary N) is 1. The Balaban J connectivity index is 1.29. The average molecular weight is 566 g/mol. The third-order valence-corrected chi connectivity index (χ3v) is 6.64. The summed E-state index contributed by atoms with van der Waals surface area (Å²) < 4.78 is 46.6. The molecule has 1 heterocycles. The van der Waals surface area contributed by atoms with Gasteiger partial charge in [-0.2, -0.15) is 13.2 Å². The Morgan fingerprint density at radius 3 is 2.32 bits per heavy atom. The molecule has 2 aromatic carbocycles. The molecule has 214 valence electrons. The van der Waals surface area contributed by atoms with Gasteiger partial charge in [0, 0.05) is 37.6 Å². The number of carbonyl (C=O) groups is 2. The fourth-order valence-corrected chi connectivity index (χ4v) is 4.36. The Morgan fingerprint density at radius 1 is 1.02 bits per heavy atom. The van der Waals surface area contributed by atoms with Crippen LogP contribution in [0.15, 0.2) is 95.9 Å². The van der Waals surface area contributed by atoms with E-state index in [9.17, 15) is 22.8 Å². The molecule has 1 saturated carbocycles. The number of ether oxygens (including phenoxy) is 1. The van der Waals surface area contributed by atoms with E-state index in [0.717, 1.165) is 17.3 Å². The van der Waals surface area contributed by atoms with Crippen molar-refractivity contribution in [1.29, 1.82) is 0 Å². The molecule has 0 radical (unpaired) electrons. The molecule has 11 heteroatoms. The molecule has 41 heavy (non-hydrogen) atoms. The number of hydrogen-bond acceptors (Lipinski definition) is 7. The van der Waals surface area contributed by atoms with E-state index in [1.54, 1.807) is 42.3 Å². The minimum absolute atomic E-state index is 0.0757. The summed E-state index contributed by atoms with van der Waals surface area (Å²) in [5.41, 5.74) is 5.92. The van der Waals surface area contributed by atoms with Gasteiger partial charge in [-0.05, 0) is 48.2 Å². The summed E-state index contributed by atoms with van der Waals surface area (Å²) in [6, 6.07) is 20.4. The highest BCUT2D eigenvalue weighted by Gasteiger charge is 2.41. The first-order valence-corrected chi connectivity index (χ1v) is 12.9. The van der Waals surface area contributed by atoms with Crippen LogP contribution in [0.25, 0.3) is 0 Å². The normalized spacial score (nSPS) is 17.4. The number of aliphatic imine (C=N–C) groups is 1. The summed E-state index contributed by atoms with van der Waals surface area (Å²) in [4.78, 5) is 34.2. The van der Waals surface area contributed by atoms with Crippen LogP contribution in [0.2, 0.25) is 0 Å². The van der Waals surface area contributed by atoms with Crippen molar-refractivity contribution in [2.75, 3.05) is 12.4 Å². The highest BCUT2D eigenvalue weighted by molar-refractivity contribution is 6.07. The molecule has 0 spiro atoms. The van der Waals surface area contributed by atoms with Gasteiger partial charge in [0.25, 0.3) is 0 Å². The van der Waals surface area contributed by atoms with Gasteiger partial charge in [0.2, 0.25) is 5.91 Å². The van der Waals surface area contributed by atoms with Gasteiger partial charge in [0.1, 0.15) is 6.61 Å². The molecule has 1 aromatic heterocycles. The van der Waals surface area contributed by atoms with Crippen LogP contribution >= 0.6 is 0 Å². The molecule has 4 rings (SSSR count). The number of allylic oxidation sites excluding steroid dienone is 1. The van der Waals surface area contributed by atoms with Crippen LogP contribution in [0.4, 0.5) is 24.7 Å². The van der Waals surface area contributed by atoms with Gasteiger partial charge < -0.3 is 20.7 Å². The van der Waals surface area contributed by atoms with Crippen molar-refractivity contribution in [3.63, 3.8) is 0 Å².